The predicted molar refractivity (Wildman–Crippen MR) is 249 cm³/mol. The number of nitriles is 1. The first-order valence-corrected chi connectivity index (χ1v) is 20.8. The van der Waals surface area contributed by atoms with Crippen molar-refractivity contribution in [3.8, 4) is 74.1 Å². The van der Waals surface area contributed by atoms with Gasteiger partial charge >= 0.3 is 0 Å². The third-order valence-corrected chi connectivity index (χ3v) is 11.7. The topological polar surface area (TPSA) is 137 Å². The van der Waals surface area contributed by atoms with Crippen LogP contribution in [0.2, 0.25) is 0 Å². The number of halogens is 2. The summed E-state index contributed by atoms with van der Waals surface area (Å²) in [6.07, 6.45) is 13.6. The van der Waals surface area contributed by atoms with E-state index < -0.39 is 11.6 Å². The number of benzene rings is 6. The second-order valence-corrected chi connectivity index (χ2v) is 15.5. The molecule has 6 aromatic heterocycles. The van der Waals surface area contributed by atoms with E-state index in [9.17, 15) is 5.26 Å². The molecule has 11 nitrogen and oxygen atoms in total. The van der Waals surface area contributed by atoms with Gasteiger partial charge < -0.3 is 9.13 Å². The van der Waals surface area contributed by atoms with Crippen LogP contribution >= 0.6 is 0 Å². The standard InChI is InChI=1S/C53H29F2N11/c54-37-21-35(22-38(55)28-37)39-29-48(65-44-9-5-31(50-57-13-1-14-58-50)23-40(44)41-24-32(6-10-45(41)65)51-59-15-2-16-60-51)36(30-56)27-49(39)66-46-11-7-33(52-61-17-3-18-62-52)25-42(46)43-26-34(8-12-47(43)66)53-63-19-4-20-64-53/h1-29H. The van der Waals surface area contributed by atoms with Gasteiger partial charge in [0.05, 0.1) is 39.0 Å². The van der Waals surface area contributed by atoms with Crippen molar-refractivity contribution >= 4 is 43.6 Å². The van der Waals surface area contributed by atoms with Gasteiger partial charge in [-0.05, 0) is 127 Å². The van der Waals surface area contributed by atoms with Crippen molar-refractivity contribution in [3.63, 3.8) is 0 Å². The average Bonchev–Trinajstić information content (AvgIpc) is 3.87. The van der Waals surface area contributed by atoms with Gasteiger partial charge in [0.1, 0.15) is 17.7 Å². The van der Waals surface area contributed by atoms with Crippen LogP contribution in [0.4, 0.5) is 8.78 Å². The highest BCUT2D eigenvalue weighted by molar-refractivity contribution is 6.13. The second kappa shape index (κ2) is 15.4. The SMILES string of the molecule is N#Cc1cc(-n2c3ccc(-c4ncccn4)cc3c3cc(-c4ncccn4)ccc32)c(-c2cc(F)cc(F)c2)cc1-n1c2ccc(-c3ncccn3)cc2c2cc(-c3ncccn3)ccc21. The summed E-state index contributed by atoms with van der Waals surface area (Å²) in [5.74, 6) is 0.719. The smallest absolute Gasteiger partial charge is 0.159 e. The molecule has 310 valence electrons. The molecule has 0 fully saturated rings. The molecule has 0 radical (unpaired) electrons. The molecule has 0 aliphatic rings. The molecule has 0 spiro atoms. The van der Waals surface area contributed by atoms with E-state index in [1.807, 2.05) is 88.0 Å². The van der Waals surface area contributed by atoms with Gasteiger partial charge in [0.25, 0.3) is 0 Å². The Labute approximate surface area is 373 Å². The lowest BCUT2D eigenvalue weighted by molar-refractivity contribution is 0.584. The zero-order chi connectivity index (χ0) is 44.3. The number of nitrogens with zero attached hydrogens (tertiary/aromatic N) is 11. The molecule has 0 aliphatic carbocycles. The first-order valence-electron chi connectivity index (χ1n) is 20.8. The second-order valence-electron chi connectivity index (χ2n) is 15.5. The molecule has 6 aromatic carbocycles. The maximum Gasteiger partial charge on any atom is 0.159 e. The Morgan fingerprint density at radius 3 is 1.03 bits per heavy atom. The molecule has 6 heterocycles. The normalized spacial score (nSPS) is 11.5. The molecular formula is C53H29F2N11. The Bertz CT molecular complexity index is 3690. The monoisotopic (exact) mass is 857 g/mol. The van der Waals surface area contributed by atoms with Gasteiger partial charge in [0.15, 0.2) is 23.3 Å². The van der Waals surface area contributed by atoms with Crippen molar-refractivity contribution in [1.82, 2.24) is 49.0 Å². The summed E-state index contributed by atoms with van der Waals surface area (Å²) in [6.45, 7) is 0. The van der Waals surface area contributed by atoms with Gasteiger partial charge in [0.2, 0.25) is 0 Å². The summed E-state index contributed by atoms with van der Waals surface area (Å²) in [5.41, 5.74) is 8.37. The number of rotatable bonds is 7. The summed E-state index contributed by atoms with van der Waals surface area (Å²) < 4.78 is 34.9. The zero-order valence-electron chi connectivity index (χ0n) is 34.4. The quantitative estimate of drug-likeness (QED) is 0.153. The lowest BCUT2D eigenvalue weighted by Crippen LogP contribution is -2.04. The van der Waals surface area contributed by atoms with Crippen molar-refractivity contribution in [2.75, 3.05) is 0 Å². The first kappa shape index (κ1) is 38.3. The Morgan fingerprint density at radius 1 is 0.364 bits per heavy atom. The molecule has 0 unspecified atom stereocenters. The number of fused-ring (bicyclic) bond motifs is 6. The predicted octanol–water partition coefficient (Wildman–Crippen LogP) is 11.5. The molecule has 66 heavy (non-hydrogen) atoms. The highest BCUT2D eigenvalue weighted by Gasteiger charge is 2.24. The van der Waals surface area contributed by atoms with Crippen LogP contribution < -0.4 is 0 Å². The van der Waals surface area contributed by atoms with Crippen LogP contribution in [-0.2, 0) is 0 Å². The zero-order valence-corrected chi connectivity index (χ0v) is 34.4. The van der Waals surface area contributed by atoms with E-state index in [0.29, 0.717) is 45.8 Å². The van der Waals surface area contributed by atoms with Crippen molar-refractivity contribution < 1.29 is 8.78 Å². The largest absolute Gasteiger partial charge is 0.309 e. The Balaban J connectivity index is 1.16. The number of aromatic nitrogens is 10. The minimum Gasteiger partial charge on any atom is -0.309 e. The number of hydrogen-bond donors (Lipinski definition) is 0. The van der Waals surface area contributed by atoms with Crippen LogP contribution in [0.15, 0.2) is 177 Å². The van der Waals surface area contributed by atoms with Gasteiger partial charge in [0, 0.05) is 105 Å². The fourth-order valence-electron chi connectivity index (χ4n) is 8.89. The van der Waals surface area contributed by atoms with Gasteiger partial charge in [-0.2, -0.15) is 5.26 Å². The van der Waals surface area contributed by atoms with E-state index in [2.05, 4.69) is 45.9 Å². The van der Waals surface area contributed by atoms with Crippen molar-refractivity contribution in [2.45, 2.75) is 0 Å². The fraction of sp³-hybridized carbons (Fsp3) is 0. The van der Waals surface area contributed by atoms with Crippen LogP contribution in [0, 0.1) is 23.0 Å². The molecule has 13 heteroatoms. The minimum atomic E-state index is -0.743. The van der Waals surface area contributed by atoms with E-state index in [0.717, 1.165) is 71.9 Å². The van der Waals surface area contributed by atoms with Gasteiger partial charge in [-0.3, -0.25) is 0 Å². The molecule has 0 saturated carbocycles. The molecule has 12 aromatic rings. The van der Waals surface area contributed by atoms with Crippen molar-refractivity contribution in [1.29, 1.82) is 5.26 Å². The molecule has 0 atom stereocenters. The molecule has 12 rings (SSSR count). The van der Waals surface area contributed by atoms with Crippen LogP contribution in [-0.4, -0.2) is 49.0 Å². The van der Waals surface area contributed by atoms with Crippen molar-refractivity contribution in [2.24, 2.45) is 0 Å². The third kappa shape index (κ3) is 6.39. The molecule has 0 amide bonds. The lowest BCUT2D eigenvalue weighted by Gasteiger charge is -2.19. The minimum absolute atomic E-state index is 0.277. The molecule has 0 aliphatic heterocycles. The summed E-state index contributed by atoms with van der Waals surface area (Å²) in [7, 11) is 0. The summed E-state index contributed by atoms with van der Waals surface area (Å²) in [5, 5.41) is 14.6. The van der Waals surface area contributed by atoms with Crippen LogP contribution in [0.1, 0.15) is 5.56 Å². The van der Waals surface area contributed by atoms with Crippen LogP contribution in [0.5, 0.6) is 0 Å². The first-order chi connectivity index (χ1) is 32.5. The maximum atomic E-state index is 15.4. The fourth-order valence-corrected chi connectivity index (χ4v) is 8.89. The summed E-state index contributed by atoms with van der Waals surface area (Å²) >= 11 is 0. The molecular weight excluding hydrogens is 829 g/mol. The Morgan fingerprint density at radius 2 is 0.697 bits per heavy atom. The molecule has 0 saturated heterocycles. The molecule has 0 N–H and O–H groups in total. The third-order valence-electron chi connectivity index (χ3n) is 11.7. The highest BCUT2D eigenvalue weighted by Crippen LogP contribution is 2.43. The Hall–Kier alpha value is -9.41. The molecule has 0 bridgehead atoms. The van der Waals surface area contributed by atoms with Crippen molar-refractivity contribution in [3.05, 3.63) is 194 Å². The van der Waals surface area contributed by atoms with Crippen LogP contribution in [0.3, 0.4) is 0 Å². The summed E-state index contributed by atoms with van der Waals surface area (Å²) in [4.78, 5) is 36.1. The average molecular weight is 858 g/mol. The highest BCUT2D eigenvalue weighted by atomic mass is 19.1. The van der Waals surface area contributed by atoms with Gasteiger partial charge in [-0.1, -0.05) is 0 Å². The Kier molecular flexibility index (Phi) is 8.95. The van der Waals surface area contributed by atoms with E-state index in [1.54, 1.807) is 79.9 Å². The van der Waals surface area contributed by atoms with Gasteiger partial charge in [-0.15, -0.1) is 0 Å². The lowest BCUT2D eigenvalue weighted by atomic mass is 9.98. The van der Waals surface area contributed by atoms with E-state index in [4.69, 9.17) is 0 Å². The van der Waals surface area contributed by atoms with E-state index >= 15 is 8.78 Å². The van der Waals surface area contributed by atoms with Gasteiger partial charge in [-0.25, -0.2) is 48.7 Å². The van der Waals surface area contributed by atoms with E-state index in [1.165, 1.54) is 12.1 Å². The van der Waals surface area contributed by atoms with E-state index in [-0.39, 0.29) is 5.56 Å². The maximum absolute atomic E-state index is 15.4. The summed E-state index contributed by atoms with van der Waals surface area (Å²) in [6, 6.07) is 40.5. The number of hydrogen-bond acceptors (Lipinski definition) is 9. The van der Waals surface area contributed by atoms with Crippen LogP contribution in [0.25, 0.3) is 112 Å².